The molecule has 104 valence electrons. The number of thiazole rings is 1. The molecule has 3 aromatic rings. The maximum Gasteiger partial charge on any atom is 0.182 e. The Morgan fingerprint density at radius 1 is 1.24 bits per heavy atom. The SMILES string of the molecule is N#Cc1ccc(CS(=O)c2nc3ccc(N)cc3s2)cc1. The van der Waals surface area contributed by atoms with Gasteiger partial charge in [0, 0.05) is 5.69 Å². The van der Waals surface area contributed by atoms with Crippen LogP contribution in [-0.2, 0) is 16.6 Å². The fourth-order valence-electron chi connectivity index (χ4n) is 1.91. The second-order valence-electron chi connectivity index (χ2n) is 4.51. The van der Waals surface area contributed by atoms with Crippen LogP contribution in [0, 0.1) is 11.3 Å². The number of hydrogen-bond acceptors (Lipinski definition) is 5. The Morgan fingerprint density at radius 3 is 2.71 bits per heavy atom. The Balaban J connectivity index is 1.84. The third-order valence-electron chi connectivity index (χ3n) is 2.97. The Bertz CT molecular complexity index is 863. The molecule has 3 rings (SSSR count). The van der Waals surface area contributed by atoms with Crippen LogP contribution < -0.4 is 5.73 Å². The van der Waals surface area contributed by atoms with Gasteiger partial charge in [0.2, 0.25) is 0 Å². The van der Waals surface area contributed by atoms with Gasteiger partial charge in [0.1, 0.15) is 0 Å². The van der Waals surface area contributed by atoms with Crippen LogP contribution in [0.2, 0.25) is 0 Å². The van der Waals surface area contributed by atoms with Crippen LogP contribution in [0.3, 0.4) is 0 Å². The smallest absolute Gasteiger partial charge is 0.182 e. The Kier molecular flexibility index (Phi) is 3.69. The van der Waals surface area contributed by atoms with Crippen LogP contribution in [0.25, 0.3) is 10.2 Å². The van der Waals surface area contributed by atoms with Gasteiger partial charge in [0.15, 0.2) is 4.34 Å². The van der Waals surface area contributed by atoms with E-state index in [9.17, 15) is 4.21 Å². The number of nitrogens with two attached hydrogens (primary N) is 1. The largest absolute Gasteiger partial charge is 0.399 e. The molecule has 4 nitrogen and oxygen atoms in total. The van der Waals surface area contributed by atoms with Crippen LogP contribution in [0.15, 0.2) is 46.8 Å². The Hall–Kier alpha value is -2.23. The Labute approximate surface area is 128 Å². The van der Waals surface area contributed by atoms with Crippen molar-refractivity contribution in [2.24, 2.45) is 0 Å². The maximum atomic E-state index is 12.4. The first-order chi connectivity index (χ1) is 10.2. The molecule has 1 aromatic heterocycles. The lowest BCUT2D eigenvalue weighted by Crippen LogP contribution is -1.95. The number of nitriles is 1. The molecule has 0 aliphatic heterocycles. The van der Waals surface area contributed by atoms with Gasteiger partial charge in [-0.15, -0.1) is 11.3 Å². The highest BCUT2D eigenvalue weighted by Crippen LogP contribution is 2.27. The Morgan fingerprint density at radius 2 is 2.00 bits per heavy atom. The van der Waals surface area contributed by atoms with Gasteiger partial charge in [0.05, 0.1) is 38.4 Å². The first kappa shape index (κ1) is 13.7. The average molecular weight is 313 g/mol. The van der Waals surface area contributed by atoms with Gasteiger partial charge >= 0.3 is 0 Å². The van der Waals surface area contributed by atoms with Gasteiger partial charge in [-0.3, -0.25) is 4.21 Å². The molecular weight excluding hydrogens is 302 g/mol. The highest BCUT2D eigenvalue weighted by Gasteiger charge is 2.11. The van der Waals surface area contributed by atoms with Crippen LogP contribution >= 0.6 is 11.3 Å². The van der Waals surface area contributed by atoms with Crippen molar-refractivity contribution in [2.75, 3.05) is 5.73 Å². The highest BCUT2D eigenvalue weighted by atomic mass is 32.2. The van der Waals surface area contributed by atoms with Gasteiger partial charge in [-0.1, -0.05) is 12.1 Å². The topological polar surface area (TPSA) is 79.8 Å². The number of rotatable bonds is 3. The normalized spacial score (nSPS) is 12.1. The lowest BCUT2D eigenvalue weighted by molar-refractivity contribution is 0.682. The number of hydrogen-bond donors (Lipinski definition) is 1. The molecule has 0 fully saturated rings. The van der Waals surface area contributed by atoms with E-state index in [0.29, 0.717) is 21.3 Å². The molecule has 0 saturated carbocycles. The van der Waals surface area contributed by atoms with E-state index in [4.69, 9.17) is 11.0 Å². The lowest BCUT2D eigenvalue weighted by Gasteiger charge is -1.99. The van der Waals surface area contributed by atoms with E-state index >= 15 is 0 Å². The molecule has 1 heterocycles. The summed E-state index contributed by atoms with van der Waals surface area (Å²) in [5.41, 5.74) is 8.75. The summed E-state index contributed by atoms with van der Waals surface area (Å²) < 4.78 is 13.9. The minimum atomic E-state index is -1.20. The molecule has 0 spiro atoms. The van der Waals surface area contributed by atoms with Gasteiger partial charge in [0.25, 0.3) is 0 Å². The fourth-order valence-corrected chi connectivity index (χ4v) is 4.29. The molecular formula is C15H11N3OS2. The molecule has 0 saturated heterocycles. The zero-order valence-electron chi connectivity index (χ0n) is 10.9. The molecule has 0 aliphatic carbocycles. The number of anilines is 1. The minimum Gasteiger partial charge on any atom is -0.399 e. The predicted octanol–water partition coefficient (Wildman–Crippen LogP) is 3.06. The number of nitrogen functional groups attached to an aromatic ring is 1. The van der Waals surface area contributed by atoms with Crippen molar-refractivity contribution in [1.29, 1.82) is 5.26 Å². The van der Waals surface area contributed by atoms with E-state index in [1.165, 1.54) is 11.3 Å². The standard InChI is InChI=1S/C15H11N3OS2/c16-8-10-1-3-11(4-2-10)9-21(19)15-18-13-6-5-12(17)7-14(13)20-15/h1-7H,9,17H2. The molecule has 6 heteroatoms. The summed E-state index contributed by atoms with van der Waals surface area (Å²) in [5.74, 6) is 0.390. The molecule has 1 unspecified atom stereocenters. The van der Waals surface area contributed by atoms with E-state index in [1.54, 1.807) is 18.2 Å². The summed E-state index contributed by atoms with van der Waals surface area (Å²) in [6.07, 6.45) is 0. The van der Waals surface area contributed by atoms with Crippen LogP contribution in [0.5, 0.6) is 0 Å². The first-order valence-electron chi connectivity index (χ1n) is 6.19. The molecule has 1 atom stereocenters. The number of nitrogens with zero attached hydrogens (tertiary/aromatic N) is 2. The first-order valence-corrected chi connectivity index (χ1v) is 8.33. The molecule has 2 N–H and O–H groups in total. The molecule has 2 aromatic carbocycles. The van der Waals surface area contributed by atoms with Crippen molar-refractivity contribution in [3.63, 3.8) is 0 Å². The molecule has 0 amide bonds. The van der Waals surface area contributed by atoms with Crippen LogP contribution in [-0.4, -0.2) is 9.19 Å². The van der Waals surface area contributed by atoms with Crippen molar-refractivity contribution >= 4 is 38.0 Å². The van der Waals surface area contributed by atoms with E-state index in [-0.39, 0.29) is 0 Å². The second kappa shape index (κ2) is 5.64. The second-order valence-corrected chi connectivity index (χ2v) is 7.16. The zero-order chi connectivity index (χ0) is 14.8. The predicted molar refractivity (Wildman–Crippen MR) is 85.3 cm³/mol. The number of fused-ring (bicyclic) bond motifs is 1. The summed E-state index contributed by atoms with van der Waals surface area (Å²) in [4.78, 5) is 4.39. The third kappa shape index (κ3) is 2.94. The summed E-state index contributed by atoms with van der Waals surface area (Å²) >= 11 is 1.40. The maximum absolute atomic E-state index is 12.4. The number of benzene rings is 2. The van der Waals surface area contributed by atoms with E-state index in [0.717, 1.165) is 15.8 Å². The van der Waals surface area contributed by atoms with Crippen molar-refractivity contribution < 1.29 is 4.21 Å². The van der Waals surface area contributed by atoms with Gasteiger partial charge in [-0.25, -0.2) is 4.98 Å². The third-order valence-corrected chi connectivity index (χ3v) is 5.67. The zero-order valence-corrected chi connectivity index (χ0v) is 12.6. The van der Waals surface area contributed by atoms with Crippen molar-refractivity contribution in [1.82, 2.24) is 4.98 Å². The number of aromatic nitrogens is 1. The molecule has 0 bridgehead atoms. The summed E-state index contributed by atoms with van der Waals surface area (Å²) in [6, 6.07) is 14.6. The van der Waals surface area contributed by atoms with Crippen molar-refractivity contribution in [2.45, 2.75) is 10.1 Å². The van der Waals surface area contributed by atoms with E-state index < -0.39 is 10.8 Å². The highest BCUT2D eigenvalue weighted by molar-refractivity contribution is 7.86. The quantitative estimate of drug-likeness (QED) is 0.754. The van der Waals surface area contributed by atoms with Crippen molar-refractivity contribution in [3.8, 4) is 6.07 Å². The lowest BCUT2D eigenvalue weighted by atomic mass is 10.2. The van der Waals surface area contributed by atoms with Crippen LogP contribution in [0.1, 0.15) is 11.1 Å². The van der Waals surface area contributed by atoms with Gasteiger partial charge < -0.3 is 5.73 Å². The summed E-state index contributed by atoms with van der Waals surface area (Å²) in [5, 5.41) is 8.76. The fraction of sp³-hybridized carbons (Fsp3) is 0.0667. The van der Waals surface area contributed by atoms with Crippen LogP contribution in [0.4, 0.5) is 5.69 Å². The monoisotopic (exact) mass is 313 g/mol. The van der Waals surface area contributed by atoms with Gasteiger partial charge in [-0.05, 0) is 35.9 Å². The molecule has 0 aliphatic rings. The molecule has 21 heavy (non-hydrogen) atoms. The van der Waals surface area contributed by atoms with E-state index in [1.807, 2.05) is 24.3 Å². The minimum absolute atomic E-state index is 0.390. The molecule has 0 radical (unpaired) electrons. The van der Waals surface area contributed by atoms with Gasteiger partial charge in [-0.2, -0.15) is 5.26 Å². The average Bonchev–Trinajstić information content (AvgIpc) is 2.91. The van der Waals surface area contributed by atoms with E-state index in [2.05, 4.69) is 11.1 Å². The van der Waals surface area contributed by atoms with Crippen molar-refractivity contribution in [3.05, 3.63) is 53.6 Å². The summed E-state index contributed by atoms with van der Waals surface area (Å²) in [6.45, 7) is 0. The summed E-state index contributed by atoms with van der Waals surface area (Å²) in [7, 11) is -1.20.